The van der Waals surface area contributed by atoms with Gasteiger partial charge in [-0.05, 0) is 24.0 Å². The Kier molecular flexibility index (Phi) is 5.13. The van der Waals surface area contributed by atoms with E-state index in [1.54, 1.807) is 0 Å². The molecule has 78 valence electrons. The van der Waals surface area contributed by atoms with Crippen LogP contribution >= 0.6 is 27.7 Å². The Labute approximate surface area is 94.1 Å². The van der Waals surface area contributed by atoms with Crippen molar-refractivity contribution in [2.75, 3.05) is 24.3 Å². The van der Waals surface area contributed by atoms with Crippen molar-refractivity contribution in [3.8, 4) is 0 Å². The summed E-state index contributed by atoms with van der Waals surface area (Å²) in [6, 6.07) is 0. The SMILES string of the molecule is CC(C)(CBr)CSC1CCOCC1. The zero-order valence-corrected chi connectivity index (χ0v) is 10.9. The van der Waals surface area contributed by atoms with Crippen molar-refractivity contribution < 1.29 is 4.74 Å². The topological polar surface area (TPSA) is 9.23 Å². The van der Waals surface area contributed by atoms with Crippen LogP contribution in [-0.4, -0.2) is 29.5 Å². The van der Waals surface area contributed by atoms with Gasteiger partial charge in [-0.25, -0.2) is 0 Å². The highest BCUT2D eigenvalue weighted by Gasteiger charge is 2.20. The van der Waals surface area contributed by atoms with E-state index in [-0.39, 0.29) is 0 Å². The molecule has 0 spiro atoms. The number of rotatable bonds is 4. The summed E-state index contributed by atoms with van der Waals surface area (Å²) < 4.78 is 5.34. The molecule has 1 rings (SSSR count). The highest BCUT2D eigenvalue weighted by Crippen LogP contribution is 2.30. The van der Waals surface area contributed by atoms with Gasteiger partial charge in [0, 0.05) is 23.8 Å². The molecule has 0 atom stereocenters. The highest BCUT2D eigenvalue weighted by molar-refractivity contribution is 9.09. The van der Waals surface area contributed by atoms with Crippen LogP contribution in [0.4, 0.5) is 0 Å². The zero-order chi connectivity index (χ0) is 9.73. The van der Waals surface area contributed by atoms with E-state index in [9.17, 15) is 0 Å². The maximum absolute atomic E-state index is 5.34. The maximum Gasteiger partial charge on any atom is 0.0476 e. The third kappa shape index (κ3) is 4.71. The monoisotopic (exact) mass is 266 g/mol. The van der Waals surface area contributed by atoms with Gasteiger partial charge in [-0.3, -0.25) is 0 Å². The minimum absolute atomic E-state index is 0.434. The average molecular weight is 267 g/mol. The molecule has 13 heavy (non-hydrogen) atoms. The first-order valence-corrected chi connectivity index (χ1v) is 7.06. The van der Waals surface area contributed by atoms with Crippen molar-refractivity contribution >= 4 is 27.7 Å². The molecule has 0 unspecified atom stereocenters. The summed E-state index contributed by atoms with van der Waals surface area (Å²) >= 11 is 5.68. The highest BCUT2D eigenvalue weighted by atomic mass is 79.9. The summed E-state index contributed by atoms with van der Waals surface area (Å²) in [5, 5.41) is 1.93. The molecule has 1 heterocycles. The second kappa shape index (κ2) is 5.62. The van der Waals surface area contributed by atoms with Crippen molar-refractivity contribution in [1.29, 1.82) is 0 Å². The molecule has 0 aromatic rings. The molecule has 0 aliphatic carbocycles. The number of hydrogen-bond donors (Lipinski definition) is 0. The van der Waals surface area contributed by atoms with Crippen molar-refractivity contribution in [2.45, 2.75) is 31.9 Å². The molecule has 0 N–H and O–H groups in total. The summed E-state index contributed by atoms with van der Waals surface area (Å²) in [6.45, 7) is 6.56. The lowest BCUT2D eigenvalue weighted by molar-refractivity contribution is 0.0999. The van der Waals surface area contributed by atoms with Crippen LogP contribution in [0.2, 0.25) is 0 Å². The van der Waals surface area contributed by atoms with Crippen LogP contribution in [-0.2, 0) is 4.74 Å². The van der Waals surface area contributed by atoms with Gasteiger partial charge in [0.1, 0.15) is 0 Å². The van der Waals surface area contributed by atoms with Gasteiger partial charge in [0.2, 0.25) is 0 Å². The molecule has 3 heteroatoms. The van der Waals surface area contributed by atoms with Crippen molar-refractivity contribution in [3.63, 3.8) is 0 Å². The fraction of sp³-hybridized carbons (Fsp3) is 1.00. The molecule has 0 radical (unpaired) electrons. The Morgan fingerprint density at radius 1 is 1.38 bits per heavy atom. The lowest BCUT2D eigenvalue weighted by atomic mass is 10.0. The molecular formula is C10H19BrOS. The lowest BCUT2D eigenvalue weighted by Crippen LogP contribution is -2.22. The summed E-state index contributed by atoms with van der Waals surface area (Å²) in [7, 11) is 0. The molecule has 0 aromatic heterocycles. The normalized spacial score (nSPS) is 20.5. The average Bonchev–Trinajstić information content (AvgIpc) is 2.17. The van der Waals surface area contributed by atoms with Crippen molar-refractivity contribution in [3.05, 3.63) is 0 Å². The Bertz CT molecular complexity index is 144. The lowest BCUT2D eigenvalue weighted by Gasteiger charge is -2.27. The number of halogens is 1. The van der Waals surface area contributed by atoms with Gasteiger partial charge in [-0.15, -0.1) is 0 Å². The third-order valence-electron chi connectivity index (χ3n) is 2.24. The van der Waals surface area contributed by atoms with Crippen LogP contribution in [0.3, 0.4) is 0 Å². The van der Waals surface area contributed by atoms with Gasteiger partial charge in [-0.2, -0.15) is 11.8 Å². The molecular weight excluding hydrogens is 248 g/mol. The van der Waals surface area contributed by atoms with Gasteiger partial charge in [0.05, 0.1) is 0 Å². The van der Waals surface area contributed by atoms with Crippen LogP contribution in [0.5, 0.6) is 0 Å². The first-order valence-electron chi connectivity index (χ1n) is 4.89. The number of ether oxygens (including phenoxy) is 1. The van der Waals surface area contributed by atoms with Gasteiger partial charge in [0.25, 0.3) is 0 Å². The largest absolute Gasteiger partial charge is 0.381 e. The van der Waals surface area contributed by atoms with E-state index in [1.165, 1.54) is 18.6 Å². The third-order valence-corrected chi connectivity index (χ3v) is 5.65. The van der Waals surface area contributed by atoms with E-state index in [1.807, 2.05) is 0 Å². The van der Waals surface area contributed by atoms with Crippen LogP contribution in [0.15, 0.2) is 0 Å². The molecule has 1 saturated heterocycles. The summed E-state index contributed by atoms with van der Waals surface area (Å²) in [4.78, 5) is 0. The smallest absolute Gasteiger partial charge is 0.0476 e. The summed E-state index contributed by atoms with van der Waals surface area (Å²) in [6.07, 6.45) is 2.48. The Hall–Kier alpha value is 0.790. The molecule has 0 saturated carbocycles. The van der Waals surface area contributed by atoms with Crippen LogP contribution < -0.4 is 0 Å². The maximum atomic E-state index is 5.34. The molecule has 1 aliphatic rings. The molecule has 1 aliphatic heterocycles. The molecule has 1 fully saturated rings. The van der Waals surface area contributed by atoms with E-state index in [0.29, 0.717) is 5.41 Å². The fourth-order valence-corrected chi connectivity index (χ4v) is 3.00. The van der Waals surface area contributed by atoms with Crippen LogP contribution in [0, 0.1) is 5.41 Å². The van der Waals surface area contributed by atoms with E-state index in [2.05, 4.69) is 41.5 Å². The molecule has 0 bridgehead atoms. The predicted octanol–water partition coefficient (Wildman–Crippen LogP) is 3.32. The zero-order valence-electron chi connectivity index (χ0n) is 8.51. The number of hydrogen-bond acceptors (Lipinski definition) is 2. The molecule has 0 aromatic carbocycles. The minimum atomic E-state index is 0.434. The number of thioether (sulfide) groups is 1. The van der Waals surface area contributed by atoms with E-state index >= 15 is 0 Å². The first kappa shape index (κ1) is 11.9. The van der Waals surface area contributed by atoms with Crippen LogP contribution in [0.25, 0.3) is 0 Å². The minimum Gasteiger partial charge on any atom is -0.381 e. The van der Waals surface area contributed by atoms with E-state index in [4.69, 9.17) is 4.74 Å². The van der Waals surface area contributed by atoms with Crippen molar-refractivity contribution in [1.82, 2.24) is 0 Å². The number of alkyl halides is 1. The Balaban J connectivity index is 2.17. The fourth-order valence-electron chi connectivity index (χ4n) is 1.22. The quantitative estimate of drug-likeness (QED) is 0.723. The van der Waals surface area contributed by atoms with Crippen molar-refractivity contribution in [2.24, 2.45) is 5.41 Å². The summed E-state index contributed by atoms with van der Waals surface area (Å²) in [5.41, 5.74) is 0.434. The Morgan fingerprint density at radius 3 is 2.54 bits per heavy atom. The van der Waals surface area contributed by atoms with Gasteiger partial charge < -0.3 is 4.74 Å². The van der Waals surface area contributed by atoms with Gasteiger partial charge in [0.15, 0.2) is 0 Å². The second-order valence-electron chi connectivity index (χ2n) is 4.42. The molecule has 0 amide bonds. The second-order valence-corrected chi connectivity index (χ2v) is 6.27. The first-order chi connectivity index (χ1) is 6.14. The standard InChI is InChI=1S/C10H19BrOS/c1-10(2,7-11)8-13-9-3-5-12-6-4-9/h9H,3-8H2,1-2H3. The Morgan fingerprint density at radius 2 is 2.00 bits per heavy atom. The van der Waals surface area contributed by atoms with Crippen LogP contribution in [0.1, 0.15) is 26.7 Å². The predicted molar refractivity (Wildman–Crippen MR) is 63.9 cm³/mol. The summed E-state index contributed by atoms with van der Waals surface area (Å²) in [5.74, 6) is 1.25. The van der Waals surface area contributed by atoms with Gasteiger partial charge >= 0.3 is 0 Å². The van der Waals surface area contributed by atoms with E-state index < -0.39 is 0 Å². The van der Waals surface area contributed by atoms with Gasteiger partial charge in [-0.1, -0.05) is 29.8 Å². The van der Waals surface area contributed by atoms with E-state index in [0.717, 1.165) is 23.8 Å². The molecule has 1 nitrogen and oxygen atoms in total.